The molecule has 0 amide bonds. The van der Waals surface area contributed by atoms with E-state index in [0.717, 1.165) is 12.7 Å². The predicted molar refractivity (Wildman–Crippen MR) is 154 cm³/mol. The Morgan fingerprint density at radius 3 is 2.00 bits per heavy atom. The molecule has 0 fully saturated rings. The summed E-state index contributed by atoms with van der Waals surface area (Å²) in [5.41, 5.74) is 0.165. The van der Waals surface area contributed by atoms with Crippen LogP contribution in [0.1, 0.15) is 26.3 Å². The molecular weight excluding hydrogens is 870 g/mol. The molecule has 0 spiro atoms. The van der Waals surface area contributed by atoms with Gasteiger partial charge in [-0.3, -0.25) is 14.9 Å². The first-order valence-electron chi connectivity index (χ1n) is 9.28. The van der Waals surface area contributed by atoms with Gasteiger partial charge >= 0.3 is 11.9 Å². The fourth-order valence-electron chi connectivity index (χ4n) is 2.61. The molecule has 0 aliphatic heterocycles. The quantitative estimate of drug-likeness (QED) is 0.237. The van der Waals surface area contributed by atoms with Gasteiger partial charge in [0, 0.05) is 0 Å². The second kappa shape index (κ2) is 12.0. The lowest BCUT2D eigenvalue weighted by Gasteiger charge is -2.21. The summed E-state index contributed by atoms with van der Waals surface area (Å²) in [5, 5.41) is 22.3. The Morgan fingerprint density at radius 1 is 1.00 bits per heavy atom. The van der Waals surface area contributed by atoms with E-state index in [-0.39, 0.29) is 18.7 Å². The van der Waals surface area contributed by atoms with Gasteiger partial charge in [-0.2, -0.15) is 0 Å². The van der Waals surface area contributed by atoms with E-state index < -0.39 is 23.6 Å². The molecule has 0 aromatic heterocycles. The molecule has 2 aromatic carbocycles. The molecule has 2 aromatic rings. The van der Waals surface area contributed by atoms with Crippen molar-refractivity contribution >= 4 is 102 Å². The maximum absolute atomic E-state index is 11.9. The molecule has 0 aliphatic rings. The molecule has 0 saturated carbocycles. The zero-order valence-electron chi connectivity index (χ0n) is 17.3. The van der Waals surface area contributed by atoms with Crippen LogP contribution in [-0.4, -0.2) is 40.3 Å². The third-order valence-corrected chi connectivity index (χ3v) is 7.17. The van der Waals surface area contributed by atoms with E-state index in [9.17, 15) is 19.8 Å². The van der Waals surface area contributed by atoms with Gasteiger partial charge in [-0.15, -0.1) is 0 Å². The maximum atomic E-state index is 11.9. The minimum absolute atomic E-state index is 0.193. The number of hydrogen-bond donors (Lipinski definition) is 3. The van der Waals surface area contributed by atoms with Gasteiger partial charge in [-0.1, -0.05) is 0 Å². The van der Waals surface area contributed by atoms with Crippen LogP contribution in [0.25, 0.3) is 0 Å². The second-order valence-corrected chi connectivity index (χ2v) is 12.4. The monoisotopic (exact) mass is 891 g/mol. The summed E-state index contributed by atoms with van der Waals surface area (Å²) in [6.45, 7) is 5.08. The van der Waals surface area contributed by atoms with Crippen molar-refractivity contribution in [2.24, 2.45) is 0 Å². The molecule has 0 aliphatic carbocycles. The van der Waals surface area contributed by atoms with Gasteiger partial charge in [-0.25, -0.2) is 0 Å². The lowest BCUT2D eigenvalue weighted by molar-refractivity contribution is -0.154. The number of nitrogens with one attached hydrogen (secondary N) is 1. The molecule has 2 rings (SSSR count). The summed E-state index contributed by atoms with van der Waals surface area (Å²) in [4.78, 5) is 23.6. The number of benzene rings is 2. The number of carbonyl (C=O) groups is 2. The number of rotatable bonds is 8. The molecule has 11 heteroatoms. The van der Waals surface area contributed by atoms with E-state index in [1.807, 2.05) is 57.3 Å². The number of phenols is 1. The van der Waals surface area contributed by atoms with Gasteiger partial charge < -0.3 is 19.7 Å². The van der Waals surface area contributed by atoms with Gasteiger partial charge in [0.05, 0.1) is 20.8 Å². The van der Waals surface area contributed by atoms with Crippen LogP contribution >= 0.6 is 90.4 Å². The number of esters is 1. The van der Waals surface area contributed by atoms with Crippen LogP contribution in [-0.2, 0) is 20.7 Å². The van der Waals surface area contributed by atoms with Gasteiger partial charge in [0.2, 0.25) is 0 Å². The van der Waals surface area contributed by atoms with Crippen LogP contribution in [0.3, 0.4) is 0 Å². The standard InChI is InChI=1S/C21H21I4NO6/c1-21(2,3)32-17(27)9-26-16(20(29)30)6-10-4-14(24)19(15(25)5-10)31-11-7-12(22)18(28)13(23)8-11/h4-5,7-8,16,26,28H,6,9H2,1-3H3,(H,29,30). The third kappa shape index (κ3) is 8.57. The number of aromatic hydroxyl groups is 1. The number of hydrogen-bond acceptors (Lipinski definition) is 6. The Labute approximate surface area is 241 Å². The number of carboxylic acids is 1. The molecule has 1 unspecified atom stereocenters. The topological polar surface area (TPSA) is 105 Å². The molecule has 0 bridgehead atoms. The van der Waals surface area contributed by atoms with Crippen molar-refractivity contribution in [1.82, 2.24) is 5.32 Å². The first kappa shape index (κ1) is 28.1. The number of halogens is 4. The molecule has 174 valence electrons. The van der Waals surface area contributed by atoms with E-state index in [0.29, 0.717) is 18.6 Å². The van der Waals surface area contributed by atoms with E-state index in [4.69, 9.17) is 9.47 Å². The Bertz CT molecular complexity index is 976. The second-order valence-electron chi connectivity index (χ2n) is 7.79. The number of aliphatic carboxylic acids is 1. The van der Waals surface area contributed by atoms with Gasteiger partial charge in [0.25, 0.3) is 0 Å². The maximum Gasteiger partial charge on any atom is 0.321 e. The van der Waals surface area contributed by atoms with Crippen molar-refractivity contribution < 1.29 is 29.3 Å². The zero-order valence-corrected chi connectivity index (χ0v) is 26.0. The average Bonchev–Trinajstić information content (AvgIpc) is 2.64. The van der Waals surface area contributed by atoms with Crippen molar-refractivity contribution in [3.63, 3.8) is 0 Å². The molecular formula is C21H21I4NO6. The van der Waals surface area contributed by atoms with Crippen LogP contribution in [0, 0.1) is 14.3 Å². The number of carbonyl (C=O) groups excluding carboxylic acids is 1. The fourth-order valence-corrected chi connectivity index (χ4v) is 6.44. The highest BCUT2D eigenvalue weighted by Crippen LogP contribution is 2.37. The van der Waals surface area contributed by atoms with Crippen LogP contribution in [0.2, 0.25) is 0 Å². The van der Waals surface area contributed by atoms with E-state index in [2.05, 4.69) is 50.5 Å². The summed E-state index contributed by atoms with van der Waals surface area (Å²) in [5.74, 6) is -0.0812. The highest BCUT2D eigenvalue weighted by molar-refractivity contribution is 14.1. The normalized spacial score (nSPS) is 12.3. The zero-order chi connectivity index (χ0) is 24.2. The molecule has 0 heterocycles. The van der Waals surface area contributed by atoms with Crippen molar-refractivity contribution in [1.29, 1.82) is 0 Å². The van der Waals surface area contributed by atoms with E-state index >= 15 is 0 Å². The number of phenolic OH excluding ortho intramolecular Hbond substituents is 1. The van der Waals surface area contributed by atoms with Crippen molar-refractivity contribution in [3.05, 3.63) is 44.1 Å². The van der Waals surface area contributed by atoms with Gasteiger partial charge in [0.1, 0.15) is 23.1 Å². The van der Waals surface area contributed by atoms with Gasteiger partial charge in [0.15, 0.2) is 5.75 Å². The van der Waals surface area contributed by atoms with Crippen molar-refractivity contribution in [2.45, 2.75) is 38.8 Å². The molecule has 3 N–H and O–H groups in total. The minimum atomic E-state index is -1.05. The molecule has 0 radical (unpaired) electrons. The number of ether oxygens (including phenoxy) is 2. The minimum Gasteiger partial charge on any atom is -0.506 e. The summed E-state index contributed by atoms with van der Waals surface area (Å²) >= 11 is 8.39. The van der Waals surface area contributed by atoms with Gasteiger partial charge in [-0.05, 0) is 147 Å². The molecule has 32 heavy (non-hydrogen) atoms. The predicted octanol–water partition coefficient (Wildman–Crippen LogP) is 5.53. The van der Waals surface area contributed by atoms with Crippen LogP contribution in [0.15, 0.2) is 24.3 Å². The molecule has 0 saturated heterocycles. The fraction of sp³-hybridized carbons (Fsp3) is 0.333. The van der Waals surface area contributed by atoms with Crippen molar-refractivity contribution in [3.8, 4) is 17.2 Å². The van der Waals surface area contributed by atoms with E-state index in [1.165, 1.54) is 0 Å². The lowest BCUT2D eigenvalue weighted by Crippen LogP contribution is -2.42. The van der Waals surface area contributed by atoms with Crippen molar-refractivity contribution in [2.75, 3.05) is 6.54 Å². The Morgan fingerprint density at radius 2 is 1.53 bits per heavy atom. The highest BCUT2D eigenvalue weighted by Gasteiger charge is 2.22. The number of carboxylic acid groups (broad SMARTS) is 1. The lowest BCUT2D eigenvalue weighted by atomic mass is 10.1. The Balaban J connectivity index is 2.15. The Hall–Kier alpha value is -0.140. The SMILES string of the molecule is CC(C)(C)OC(=O)CNC(Cc1cc(I)c(Oc2cc(I)c(O)c(I)c2)c(I)c1)C(=O)O. The highest BCUT2D eigenvalue weighted by atomic mass is 127. The molecule has 7 nitrogen and oxygen atoms in total. The van der Waals surface area contributed by atoms with E-state index in [1.54, 1.807) is 32.9 Å². The summed E-state index contributed by atoms with van der Waals surface area (Å²) in [6.07, 6.45) is 0.194. The summed E-state index contributed by atoms with van der Waals surface area (Å²) in [7, 11) is 0. The average molecular weight is 891 g/mol. The smallest absolute Gasteiger partial charge is 0.321 e. The molecule has 1 atom stereocenters. The third-order valence-electron chi connectivity index (χ3n) is 3.92. The summed E-state index contributed by atoms with van der Waals surface area (Å²) in [6, 6.07) is 6.28. The van der Waals surface area contributed by atoms with Crippen LogP contribution in [0.4, 0.5) is 0 Å². The first-order chi connectivity index (χ1) is 14.8. The first-order valence-corrected chi connectivity index (χ1v) is 13.6. The Kier molecular flexibility index (Phi) is 10.5. The van der Waals surface area contributed by atoms with Crippen LogP contribution in [0.5, 0.6) is 17.2 Å². The summed E-state index contributed by atoms with van der Waals surface area (Å²) < 4.78 is 14.3. The largest absolute Gasteiger partial charge is 0.506 e. The van der Waals surface area contributed by atoms with Crippen LogP contribution < -0.4 is 10.1 Å².